The van der Waals surface area contributed by atoms with E-state index in [9.17, 15) is 13.2 Å². The monoisotopic (exact) mass is 299 g/mol. The molecule has 0 radical (unpaired) electrons. The number of nitrogens with one attached hydrogen (secondary N) is 1. The van der Waals surface area contributed by atoms with Crippen molar-refractivity contribution in [3.05, 3.63) is 24.5 Å². The molecule has 1 N–H and O–H groups in total. The Labute approximate surface area is 120 Å². The van der Waals surface area contributed by atoms with E-state index in [1.165, 1.54) is 25.5 Å². The van der Waals surface area contributed by atoms with Crippen molar-refractivity contribution in [1.82, 2.24) is 14.6 Å². The second kappa shape index (κ2) is 6.32. The molecule has 0 saturated heterocycles. The zero-order valence-corrected chi connectivity index (χ0v) is 13.1. The SMILES string of the molecule is CCC(C)(C)NC(=O)CN(C)S(=O)(=O)c1cccnc1. The van der Waals surface area contributed by atoms with Crippen molar-refractivity contribution in [1.29, 1.82) is 0 Å². The molecule has 6 nitrogen and oxygen atoms in total. The fourth-order valence-corrected chi connectivity index (χ4v) is 2.56. The zero-order chi connectivity index (χ0) is 15.4. The summed E-state index contributed by atoms with van der Waals surface area (Å²) in [7, 11) is -2.31. The van der Waals surface area contributed by atoms with Gasteiger partial charge in [0.1, 0.15) is 4.90 Å². The number of carbonyl (C=O) groups is 1. The number of hydrogen-bond acceptors (Lipinski definition) is 4. The van der Waals surface area contributed by atoms with Gasteiger partial charge in [0, 0.05) is 25.0 Å². The normalized spacial score (nSPS) is 12.4. The van der Waals surface area contributed by atoms with Gasteiger partial charge in [-0.3, -0.25) is 9.78 Å². The largest absolute Gasteiger partial charge is 0.350 e. The van der Waals surface area contributed by atoms with E-state index in [2.05, 4.69) is 10.3 Å². The Morgan fingerprint density at radius 3 is 2.60 bits per heavy atom. The third kappa shape index (κ3) is 4.28. The molecule has 20 heavy (non-hydrogen) atoms. The summed E-state index contributed by atoms with van der Waals surface area (Å²) < 4.78 is 25.4. The highest BCUT2D eigenvalue weighted by molar-refractivity contribution is 7.89. The van der Waals surface area contributed by atoms with Gasteiger partial charge in [0.2, 0.25) is 15.9 Å². The van der Waals surface area contributed by atoms with E-state index in [4.69, 9.17) is 0 Å². The van der Waals surface area contributed by atoms with Crippen molar-refractivity contribution in [2.24, 2.45) is 0 Å². The van der Waals surface area contributed by atoms with Gasteiger partial charge in [0.15, 0.2) is 0 Å². The molecule has 0 aromatic carbocycles. The van der Waals surface area contributed by atoms with Gasteiger partial charge in [-0.15, -0.1) is 0 Å². The predicted molar refractivity (Wildman–Crippen MR) is 76.6 cm³/mol. The highest BCUT2D eigenvalue weighted by Gasteiger charge is 2.25. The first-order valence-corrected chi connectivity index (χ1v) is 7.80. The van der Waals surface area contributed by atoms with E-state index in [0.29, 0.717) is 0 Å². The summed E-state index contributed by atoms with van der Waals surface area (Å²) in [5, 5.41) is 2.80. The minimum Gasteiger partial charge on any atom is -0.350 e. The van der Waals surface area contributed by atoms with Crippen LogP contribution in [0.5, 0.6) is 0 Å². The Bertz CT molecular complexity index is 555. The summed E-state index contributed by atoms with van der Waals surface area (Å²) >= 11 is 0. The Balaban J connectivity index is 2.77. The van der Waals surface area contributed by atoms with Crippen LogP contribution in [0.1, 0.15) is 27.2 Å². The third-order valence-electron chi connectivity index (χ3n) is 3.07. The van der Waals surface area contributed by atoms with Gasteiger partial charge in [-0.1, -0.05) is 6.92 Å². The van der Waals surface area contributed by atoms with Crippen molar-refractivity contribution >= 4 is 15.9 Å². The van der Waals surface area contributed by atoms with Crippen molar-refractivity contribution in [2.75, 3.05) is 13.6 Å². The van der Waals surface area contributed by atoms with Gasteiger partial charge in [-0.25, -0.2) is 8.42 Å². The lowest BCUT2D eigenvalue weighted by Gasteiger charge is -2.26. The van der Waals surface area contributed by atoms with Crippen LogP contribution in [0, 0.1) is 0 Å². The molecule has 0 saturated carbocycles. The molecule has 0 atom stereocenters. The molecule has 0 aliphatic rings. The molecule has 112 valence electrons. The van der Waals surface area contributed by atoms with E-state index in [-0.39, 0.29) is 22.9 Å². The third-order valence-corrected chi connectivity index (χ3v) is 4.86. The molecule has 1 amide bonds. The van der Waals surface area contributed by atoms with E-state index in [0.717, 1.165) is 10.7 Å². The lowest BCUT2D eigenvalue weighted by molar-refractivity contribution is -0.122. The van der Waals surface area contributed by atoms with Gasteiger partial charge < -0.3 is 5.32 Å². The lowest BCUT2D eigenvalue weighted by Crippen LogP contribution is -2.47. The summed E-state index contributed by atoms with van der Waals surface area (Å²) in [6.45, 7) is 5.51. The molecule has 0 aliphatic heterocycles. The van der Waals surface area contributed by atoms with Crippen molar-refractivity contribution in [2.45, 2.75) is 37.6 Å². The molecule has 1 rings (SSSR count). The highest BCUT2D eigenvalue weighted by atomic mass is 32.2. The number of aromatic nitrogens is 1. The maximum Gasteiger partial charge on any atom is 0.244 e. The number of likely N-dealkylation sites (N-methyl/N-ethyl adjacent to an activating group) is 1. The Morgan fingerprint density at radius 1 is 1.45 bits per heavy atom. The minimum atomic E-state index is -3.69. The number of hydrogen-bond donors (Lipinski definition) is 1. The summed E-state index contributed by atoms with van der Waals surface area (Å²) in [5.41, 5.74) is -0.351. The quantitative estimate of drug-likeness (QED) is 0.850. The van der Waals surface area contributed by atoms with E-state index < -0.39 is 10.0 Å². The van der Waals surface area contributed by atoms with E-state index in [1.807, 2.05) is 20.8 Å². The minimum absolute atomic E-state index is 0.0741. The summed E-state index contributed by atoms with van der Waals surface area (Å²) in [6.07, 6.45) is 3.52. The second-order valence-electron chi connectivity index (χ2n) is 5.24. The number of sulfonamides is 1. The molecule has 0 bridgehead atoms. The Kier molecular flexibility index (Phi) is 5.24. The molecule has 0 spiro atoms. The summed E-state index contributed by atoms with van der Waals surface area (Å²) in [5.74, 6) is -0.327. The highest BCUT2D eigenvalue weighted by Crippen LogP contribution is 2.12. The van der Waals surface area contributed by atoms with Crippen LogP contribution in [0.4, 0.5) is 0 Å². The van der Waals surface area contributed by atoms with Crippen LogP contribution < -0.4 is 5.32 Å². The number of amides is 1. The molecular formula is C13H21N3O3S. The lowest BCUT2D eigenvalue weighted by atomic mass is 10.0. The number of rotatable bonds is 6. The van der Waals surface area contributed by atoms with Crippen LogP contribution in [-0.2, 0) is 14.8 Å². The van der Waals surface area contributed by atoms with Crippen molar-refractivity contribution in [3.8, 4) is 0 Å². The first-order chi connectivity index (χ1) is 9.19. The molecule has 7 heteroatoms. The fourth-order valence-electron chi connectivity index (χ4n) is 1.47. The number of carbonyl (C=O) groups excluding carboxylic acids is 1. The molecule has 1 heterocycles. The topological polar surface area (TPSA) is 79.4 Å². The van der Waals surface area contributed by atoms with Gasteiger partial charge in [-0.2, -0.15) is 4.31 Å². The van der Waals surface area contributed by atoms with Crippen LogP contribution in [0.25, 0.3) is 0 Å². The van der Waals surface area contributed by atoms with Crippen LogP contribution in [0.3, 0.4) is 0 Å². The summed E-state index contributed by atoms with van der Waals surface area (Å²) in [6, 6.07) is 2.99. The molecule has 0 fully saturated rings. The van der Waals surface area contributed by atoms with Crippen molar-refractivity contribution < 1.29 is 13.2 Å². The van der Waals surface area contributed by atoms with Gasteiger partial charge in [0.05, 0.1) is 6.54 Å². The smallest absolute Gasteiger partial charge is 0.244 e. The predicted octanol–water partition coefficient (Wildman–Crippen LogP) is 1.01. The van der Waals surface area contributed by atoms with Crippen LogP contribution >= 0.6 is 0 Å². The molecule has 1 aromatic heterocycles. The maximum atomic E-state index is 12.2. The average Bonchev–Trinajstić information content (AvgIpc) is 2.39. The second-order valence-corrected chi connectivity index (χ2v) is 7.28. The average molecular weight is 299 g/mol. The first kappa shape index (κ1) is 16.6. The molecule has 0 unspecified atom stereocenters. The van der Waals surface area contributed by atoms with E-state index in [1.54, 1.807) is 6.07 Å². The zero-order valence-electron chi connectivity index (χ0n) is 12.3. The molecular weight excluding hydrogens is 278 g/mol. The maximum absolute atomic E-state index is 12.2. The van der Waals surface area contributed by atoms with Crippen LogP contribution in [-0.4, -0.2) is 42.7 Å². The molecule has 0 aliphatic carbocycles. The first-order valence-electron chi connectivity index (χ1n) is 6.36. The van der Waals surface area contributed by atoms with E-state index >= 15 is 0 Å². The summed E-state index contributed by atoms with van der Waals surface area (Å²) in [4.78, 5) is 15.7. The van der Waals surface area contributed by atoms with Gasteiger partial charge in [0.25, 0.3) is 0 Å². The van der Waals surface area contributed by atoms with Crippen LogP contribution in [0.15, 0.2) is 29.4 Å². The van der Waals surface area contributed by atoms with Crippen LogP contribution in [0.2, 0.25) is 0 Å². The number of nitrogens with zero attached hydrogens (tertiary/aromatic N) is 2. The van der Waals surface area contributed by atoms with Gasteiger partial charge >= 0.3 is 0 Å². The Morgan fingerprint density at radius 2 is 2.10 bits per heavy atom. The van der Waals surface area contributed by atoms with Crippen molar-refractivity contribution in [3.63, 3.8) is 0 Å². The van der Waals surface area contributed by atoms with Gasteiger partial charge in [-0.05, 0) is 32.4 Å². The standard InChI is InChI=1S/C13H21N3O3S/c1-5-13(2,3)15-12(17)10-16(4)20(18,19)11-7-6-8-14-9-11/h6-9H,5,10H2,1-4H3,(H,15,17). The molecule has 1 aromatic rings. The fraction of sp³-hybridized carbons (Fsp3) is 0.538. The Hall–Kier alpha value is -1.47. The number of pyridine rings is 1.